The Bertz CT molecular complexity index is 557. The minimum absolute atomic E-state index is 0.00846. The number of hydrogen-bond acceptors (Lipinski definition) is 1. The third kappa shape index (κ3) is 1.72. The summed E-state index contributed by atoms with van der Waals surface area (Å²) in [6, 6.07) is 2.54. The van der Waals surface area contributed by atoms with Gasteiger partial charge in [-0.25, -0.2) is 13.8 Å². The lowest BCUT2D eigenvalue weighted by atomic mass is 10.2. The molecule has 0 aliphatic carbocycles. The monoisotopic (exact) mass is 291 g/mol. The number of aromatic nitrogens is 1. The van der Waals surface area contributed by atoms with Crippen LogP contribution < -0.4 is 0 Å². The minimum Gasteiger partial charge on any atom is -0.250 e. The van der Waals surface area contributed by atoms with Gasteiger partial charge in [-0.15, -0.1) is 0 Å². The topological polar surface area (TPSA) is 12.9 Å². The SMILES string of the molecule is Cc1cc(Cl)c2c(F)c(Br)cc(F)c2n1. The van der Waals surface area contributed by atoms with Gasteiger partial charge in [0.1, 0.15) is 11.3 Å². The summed E-state index contributed by atoms with van der Waals surface area (Å²) in [5, 5.41) is 0.171. The maximum Gasteiger partial charge on any atom is 0.150 e. The van der Waals surface area contributed by atoms with Crippen LogP contribution in [-0.4, -0.2) is 4.98 Å². The number of aryl methyl sites for hydroxylation is 1. The van der Waals surface area contributed by atoms with Gasteiger partial charge in [0, 0.05) is 5.69 Å². The highest BCUT2D eigenvalue weighted by molar-refractivity contribution is 9.10. The standard InChI is InChI=1S/C10H5BrClF2N/c1-4-2-6(12)8-9(14)5(11)3-7(13)10(8)15-4/h2-3H,1H3. The van der Waals surface area contributed by atoms with Crippen molar-refractivity contribution in [2.75, 3.05) is 0 Å². The zero-order valence-electron chi connectivity index (χ0n) is 7.61. The lowest BCUT2D eigenvalue weighted by molar-refractivity contribution is 0.609. The molecule has 1 nitrogen and oxygen atoms in total. The van der Waals surface area contributed by atoms with E-state index in [0.717, 1.165) is 6.07 Å². The van der Waals surface area contributed by atoms with Gasteiger partial charge in [0.25, 0.3) is 0 Å². The number of halogens is 4. The summed E-state index contributed by atoms with van der Waals surface area (Å²) in [7, 11) is 0. The Balaban J connectivity index is 3.03. The van der Waals surface area contributed by atoms with Crippen molar-refractivity contribution >= 4 is 38.4 Å². The zero-order valence-corrected chi connectivity index (χ0v) is 9.96. The molecule has 0 spiro atoms. The van der Waals surface area contributed by atoms with E-state index in [9.17, 15) is 8.78 Å². The van der Waals surface area contributed by atoms with Crippen LogP contribution in [0, 0.1) is 18.6 Å². The first-order valence-electron chi connectivity index (χ1n) is 4.11. The van der Waals surface area contributed by atoms with Gasteiger partial charge in [0.15, 0.2) is 5.82 Å². The molecule has 1 aromatic heterocycles. The van der Waals surface area contributed by atoms with E-state index >= 15 is 0 Å². The molecule has 0 N–H and O–H groups in total. The fourth-order valence-corrected chi connectivity index (χ4v) is 2.11. The van der Waals surface area contributed by atoms with Gasteiger partial charge in [0.05, 0.1) is 14.9 Å². The first kappa shape index (κ1) is 10.8. The Hall–Kier alpha value is -0.740. The molecule has 0 saturated heterocycles. The van der Waals surface area contributed by atoms with Crippen molar-refractivity contribution in [3.63, 3.8) is 0 Å². The number of fused-ring (bicyclic) bond motifs is 1. The van der Waals surface area contributed by atoms with Crippen molar-refractivity contribution in [2.45, 2.75) is 6.92 Å². The fourth-order valence-electron chi connectivity index (χ4n) is 1.38. The van der Waals surface area contributed by atoms with E-state index in [2.05, 4.69) is 20.9 Å². The molecule has 0 saturated carbocycles. The molecule has 5 heteroatoms. The molecule has 1 heterocycles. The molecule has 0 radical (unpaired) electrons. The summed E-state index contributed by atoms with van der Waals surface area (Å²) < 4.78 is 27.1. The summed E-state index contributed by atoms with van der Waals surface area (Å²) >= 11 is 8.76. The van der Waals surface area contributed by atoms with Gasteiger partial charge in [-0.3, -0.25) is 0 Å². The predicted octanol–water partition coefficient (Wildman–Crippen LogP) is 4.24. The summed E-state index contributed by atoms with van der Waals surface area (Å²) in [6.45, 7) is 1.67. The van der Waals surface area contributed by atoms with Gasteiger partial charge < -0.3 is 0 Å². The number of pyridine rings is 1. The molecule has 1 aromatic carbocycles. The molecule has 0 fully saturated rings. The van der Waals surface area contributed by atoms with Crippen LogP contribution >= 0.6 is 27.5 Å². The maximum absolute atomic E-state index is 13.6. The molecule has 0 atom stereocenters. The second-order valence-electron chi connectivity index (χ2n) is 3.12. The van der Waals surface area contributed by atoms with E-state index < -0.39 is 11.6 Å². The smallest absolute Gasteiger partial charge is 0.150 e. The highest BCUT2D eigenvalue weighted by Crippen LogP contribution is 2.31. The average molecular weight is 293 g/mol. The quantitative estimate of drug-likeness (QED) is 0.662. The van der Waals surface area contributed by atoms with E-state index in [1.54, 1.807) is 6.92 Å². The van der Waals surface area contributed by atoms with Crippen LogP contribution in [0.2, 0.25) is 5.02 Å². The molecule has 0 aliphatic rings. The highest BCUT2D eigenvalue weighted by atomic mass is 79.9. The third-order valence-electron chi connectivity index (χ3n) is 2.01. The first-order valence-corrected chi connectivity index (χ1v) is 5.28. The molecule has 2 aromatic rings. The van der Waals surface area contributed by atoms with Crippen molar-refractivity contribution in [3.8, 4) is 0 Å². The third-order valence-corrected chi connectivity index (χ3v) is 2.88. The van der Waals surface area contributed by atoms with E-state index in [1.165, 1.54) is 6.07 Å². The van der Waals surface area contributed by atoms with Gasteiger partial charge in [-0.05, 0) is 35.0 Å². The van der Waals surface area contributed by atoms with Crippen molar-refractivity contribution in [3.05, 3.63) is 39.0 Å². The highest BCUT2D eigenvalue weighted by Gasteiger charge is 2.15. The maximum atomic E-state index is 13.6. The number of nitrogens with zero attached hydrogens (tertiary/aromatic N) is 1. The normalized spacial score (nSPS) is 11.0. The molecule has 0 unspecified atom stereocenters. The number of rotatable bonds is 0. The summed E-state index contributed by atoms with van der Waals surface area (Å²) in [6.07, 6.45) is 0. The van der Waals surface area contributed by atoms with E-state index in [1.807, 2.05) is 0 Å². The number of benzene rings is 1. The van der Waals surface area contributed by atoms with Crippen LogP contribution in [0.25, 0.3) is 10.9 Å². The predicted molar refractivity (Wildman–Crippen MR) is 59.1 cm³/mol. The zero-order chi connectivity index (χ0) is 11.2. The van der Waals surface area contributed by atoms with E-state index in [0.29, 0.717) is 5.69 Å². The van der Waals surface area contributed by atoms with Crippen LogP contribution in [0.15, 0.2) is 16.6 Å². The first-order chi connectivity index (χ1) is 7.00. The van der Waals surface area contributed by atoms with E-state index in [-0.39, 0.29) is 20.4 Å². The molecule has 0 bridgehead atoms. The van der Waals surface area contributed by atoms with Crippen molar-refractivity contribution < 1.29 is 8.78 Å². The Kier molecular flexibility index (Phi) is 2.64. The largest absolute Gasteiger partial charge is 0.250 e. The molecular weight excluding hydrogens is 287 g/mol. The Morgan fingerprint density at radius 3 is 2.67 bits per heavy atom. The Morgan fingerprint density at radius 1 is 1.33 bits per heavy atom. The Labute approximate surface area is 98.2 Å². The molecule has 2 rings (SSSR count). The van der Waals surface area contributed by atoms with Crippen LogP contribution in [0.3, 0.4) is 0 Å². The van der Waals surface area contributed by atoms with Crippen LogP contribution in [-0.2, 0) is 0 Å². The van der Waals surface area contributed by atoms with Crippen LogP contribution in [0.1, 0.15) is 5.69 Å². The summed E-state index contributed by atoms with van der Waals surface area (Å²) in [4.78, 5) is 3.92. The van der Waals surface area contributed by atoms with Gasteiger partial charge in [-0.2, -0.15) is 0 Å². The van der Waals surface area contributed by atoms with E-state index in [4.69, 9.17) is 11.6 Å². The average Bonchev–Trinajstić information content (AvgIpc) is 2.13. The van der Waals surface area contributed by atoms with Gasteiger partial charge in [-0.1, -0.05) is 11.6 Å². The molecule has 15 heavy (non-hydrogen) atoms. The van der Waals surface area contributed by atoms with Crippen LogP contribution in [0.4, 0.5) is 8.78 Å². The van der Waals surface area contributed by atoms with Crippen LogP contribution in [0.5, 0.6) is 0 Å². The second kappa shape index (κ2) is 3.68. The Morgan fingerprint density at radius 2 is 2.00 bits per heavy atom. The lowest BCUT2D eigenvalue weighted by Crippen LogP contribution is -1.93. The molecular formula is C10H5BrClF2N. The van der Waals surface area contributed by atoms with Crippen molar-refractivity contribution in [2.24, 2.45) is 0 Å². The molecule has 0 amide bonds. The van der Waals surface area contributed by atoms with Crippen molar-refractivity contribution in [1.82, 2.24) is 4.98 Å². The van der Waals surface area contributed by atoms with Gasteiger partial charge in [0.2, 0.25) is 0 Å². The summed E-state index contributed by atoms with van der Waals surface area (Å²) in [5.41, 5.74) is 0.508. The van der Waals surface area contributed by atoms with Gasteiger partial charge >= 0.3 is 0 Å². The lowest BCUT2D eigenvalue weighted by Gasteiger charge is -2.05. The van der Waals surface area contributed by atoms with Crippen molar-refractivity contribution in [1.29, 1.82) is 0 Å². The second-order valence-corrected chi connectivity index (χ2v) is 4.38. The summed E-state index contributed by atoms with van der Waals surface area (Å²) in [5.74, 6) is -1.19. The fraction of sp³-hybridized carbons (Fsp3) is 0.100. The number of hydrogen-bond donors (Lipinski definition) is 0. The molecule has 0 aliphatic heterocycles. The minimum atomic E-state index is -0.594. The molecule has 78 valence electrons.